The van der Waals surface area contributed by atoms with E-state index in [9.17, 15) is 4.79 Å². The lowest BCUT2D eigenvalue weighted by atomic mass is 10.2. The summed E-state index contributed by atoms with van der Waals surface area (Å²) in [7, 11) is 1.57. The Morgan fingerprint density at radius 2 is 1.81 bits per heavy atom. The molecule has 1 aliphatic rings. The van der Waals surface area contributed by atoms with E-state index in [2.05, 4.69) is 61.4 Å². The van der Waals surface area contributed by atoms with Crippen LogP contribution in [0.2, 0.25) is 0 Å². The Kier molecular flexibility index (Phi) is 9.18. The van der Waals surface area contributed by atoms with Crippen LogP contribution in [0.15, 0.2) is 46.9 Å². The molecule has 0 atom stereocenters. The van der Waals surface area contributed by atoms with Gasteiger partial charge in [0, 0.05) is 44.8 Å². The first-order chi connectivity index (χ1) is 15.1. The van der Waals surface area contributed by atoms with E-state index < -0.39 is 0 Å². The van der Waals surface area contributed by atoms with Gasteiger partial charge >= 0.3 is 0 Å². The van der Waals surface area contributed by atoms with Crippen molar-refractivity contribution in [1.82, 2.24) is 15.1 Å². The smallest absolute Gasteiger partial charge is 0.251 e. The molecule has 2 aromatic carbocycles. The molecule has 1 aliphatic heterocycles. The van der Waals surface area contributed by atoms with Crippen LogP contribution < -0.4 is 14.8 Å². The topological polar surface area (TPSA) is 54.0 Å². The van der Waals surface area contributed by atoms with Gasteiger partial charge in [0.1, 0.15) is 0 Å². The van der Waals surface area contributed by atoms with Crippen LogP contribution in [-0.2, 0) is 6.54 Å². The molecule has 1 amide bonds. The van der Waals surface area contributed by atoms with Gasteiger partial charge < -0.3 is 19.7 Å². The number of nitrogens with zero attached hydrogens (tertiary/aromatic N) is 2. The van der Waals surface area contributed by atoms with Crippen molar-refractivity contribution in [2.24, 2.45) is 0 Å². The molecule has 168 valence electrons. The van der Waals surface area contributed by atoms with Crippen LogP contribution in [0.4, 0.5) is 0 Å². The molecule has 6 nitrogen and oxygen atoms in total. The quantitative estimate of drug-likeness (QED) is 0.514. The number of rotatable bonds is 10. The Balaban J connectivity index is 1.38. The number of halogens is 1. The van der Waals surface area contributed by atoms with Crippen molar-refractivity contribution in [2.45, 2.75) is 19.9 Å². The molecule has 31 heavy (non-hydrogen) atoms. The highest BCUT2D eigenvalue weighted by Crippen LogP contribution is 2.36. The standard InChI is InChI=1S/C24H32BrN3O3/c1-3-31-23-21(25)16-20(17-22(23)30-2)24(29)26-10-7-11-27-12-14-28(15-13-27)18-19-8-5-4-6-9-19/h4-6,8-9,16-17H,3,7,10-15,18H2,1-2H3,(H,26,29). The van der Waals surface area contributed by atoms with Crippen LogP contribution in [0.25, 0.3) is 0 Å². The zero-order chi connectivity index (χ0) is 22.1. The lowest BCUT2D eigenvalue weighted by Crippen LogP contribution is -2.46. The van der Waals surface area contributed by atoms with E-state index in [0.29, 0.717) is 34.7 Å². The predicted octanol–water partition coefficient (Wildman–Crippen LogP) is 3.79. The van der Waals surface area contributed by atoms with Crippen LogP contribution in [0.5, 0.6) is 11.5 Å². The van der Waals surface area contributed by atoms with Crippen molar-refractivity contribution < 1.29 is 14.3 Å². The molecule has 0 saturated carbocycles. The molecule has 1 saturated heterocycles. The fourth-order valence-electron chi connectivity index (χ4n) is 3.75. The number of amides is 1. The number of carbonyl (C=O) groups is 1. The second kappa shape index (κ2) is 12.1. The molecule has 1 fully saturated rings. The van der Waals surface area contributed by atoms with Crippen molar-refractivity contribution in [3.8, 4) is 11.5 Å². The summed E-state index contributed by atoms with van der Waals surface area (Å²) in [5.41, 5.74) is 1.93. The van der Waals surface area contributed by atoms with Gasteiger partial charge in [-0.05, 0) is 53.5 Å². The van der Waals surface area contributed by atoms with Gasteiger partial charge in [-0.1, -0.05) is 30.3 Å². The van der Waals surface area contributed by atoms with E-state index in [0.717, 1.165) is 45.7 Å². The maximum Gasteiger partial charge on any atom is 0.251 e. The summed E-state index contributed by atoms with van der Waals surface area (Å²) >= 11 is 3.47. The van der Waals surface area contributed by atoms with Crippen LogP contribution in [0.1, 0.15) is 29.3 Å². The fourth-order valence-corrected chi connectivity index (χ4v) is 4.31. The number of hydrogen-bond donors (Lipinski definition) is 1. The van der Waals surface area contributed by atoms with E-state index in [4.69, 9.17) is 9.47 Å². The molecule has 2 aromatic rings. The predicted molar refractivity (Wildman–Crippen MR) is 127 cm³/mol. The number of methoxy groups -OCH3 is 1. The monoisotopic (exact) mass is 489 g/mol. The van der Waals surface area contributed by atoms with E-state index in [1.807, 2.05) is 6.92 Å². The van der Waals surface area contributed by atoms with Crippen molar-refractivity contribution in [3.63, 3.8) is 0 Å². The average Bonchev–Trinajstić information content (AvgIpc) is 2.79. The molecule has 0 spiro atoms. The Hall–Kier alpha value is -2.09. The summed E-state index contributed by atoms with van der Waals surface area (Å²) in [6.07, 6.45) is 0.930. The number of ether oxygens (including phenoxy) is 2. The first-order valence-electron chi connectivity index (χ1n) is 10.9. The molecule has 3 rings (SSSR count). The minimum atomic E-state index is -0.102. The van der Waals surface area contributed by atoms with Crippen LogP contribution in [-0.4, -0.2) is 68.7 Å². The first-order valence-corrected chi connectivity index (χ1v) is 11.7. The van der Waals surface area contributed by atoms with E-state index in [1.54, 1.807) is 19.2 Å². The zero-order valence-corrected chi connectivity index (χ0v) is 20.0. The largest absolute Gasteiger partial charge is 0.493 e. The van der Waals surface area contributed by atoms with E-state index in [1.165, 1.54) is 5.56 Å². The summed E-state index contributed by atoms with van der Waals surface area (Å²) in [5, 5.41) is 3.02. The lowest BCUT2D eigenvalue weighted by molar-refractivity contribution is 0.0946. The zero-order valence-electron chi connectivity index (χ0n) is 18.4. The normalized spacial score (nSPS) is 14.9. The highest BCUT2D eigenvalue weighted by molar-refractivity contribution is 9.10. The third kappa shape index (κ3) is 6.95. The third-order valence-electron chi connectivity index (χ3n) is 5.43. The molecule has 0 aliphatic carbocycles. The average molecular weight is 490 g/mol. The maximum atomic E-state index is 12.6. The number of carbonyl (C=O) groups excluding carboxylic acids is 1. The van der Waals surface area contributed by atoms with Gasteiger partial charge in [0.2, 0.25) is 0 Å². The summed E-state index contributed by atoms with van der Waals surface area (Å²) in [6, 6.07) is 14.1. The van der Waals surface area contributed by atoms with Gasteiger partial charge in [0.25, 0.3) is 5.91 Å². The summed E-state index contributed by atoms with van der Waals surface area (Å²) in [5.74, 6) is 1.07. The fraction of sp³-hybridized carbons (Fsp3) is 0.458. The Morgan fingerprint density at radius 3 is 2.48 bits per heavy atom. The van der Waals surface area contributed by atoms with Gasteiger partial charge in [-0.25, -0.2) is 0 Å². The maximum absolute atomic E-state index is 12.6. The van der Waals surface area contributed by atoms with Gasteiger partial charge in [-0.3, -0.25) is 9.69 Å². The number of hydrogen-bond acceptors (Lipinski definition) is 5. The molecule has 0 unspecified atom stereocenters. The highest BCUT2D eigenvalue weighted by atomic mass is 79.9. The highest BCUT2D eigenvalue weighted by Gasteiger charge is 2.17. The molecular formula is C24H32BrN3O3. The van der Waals surface area contributed by atoms with Crippen molar-refractivity contribution in [1.29, 1.82) is 0 Å². The molecule has 0 bridgehead atoms. The van der Waals surface area contributed by atoms with Gasteiger partial charge in [0.05, 0.1) is 18.2 Å². The molecule has 0 aromatic heterocycles. The Bertz CT molecular complexity index is 839. The summed E-state index contributed by atoms with van der Waals surface area (Å²) in [6.45, 7) is 9.42. The van der Waals surface area contributed by atoms with Crippen molar-refractivity contribution in [2.75, 3.05) is 53.0 Å². The minimum Gasteiger partial charge on any atom is -0.493 e. The number of piperazine rings is 1. The Morgan fingerprint density at radius 1 is 1.10 bits per heavy atom. The van der Waals surface area contributed by atoms with Crippen molar-refractivity contribution in [3.05, 3.63) is 58.1 Å². The van der Waals surface area contributed by atoms with Gasteiger partial charge in [-0.2, -0.15) is 0 Å². The lowest BCUT2D eigenvalue weighted by Gasteiger charge is -2.34. The van der Waals surface area contributed by atoms with Crippen LogP contribution in [0.3, 0.4) is 0 Å². The molecular weight excluding hydrogens is 458 g/mol. The minimum absolute atomic E-state index is 0.102. The third-order valence-corrected chi connectivity index (χ3v) is 6.02. The van der Waals surface area contributed by atoms with E-state index >= 15 is 0 Å². The molecule has 1 heterocycles. The molecule has 0 radical (unpaired) electrons. The van der Waals surface area contributed by atoms with E-state index in [-0.39, 0.29) is 5.91 Å². The summed E-state index contributed by atoms with van der Waals surface area (Å²) < 4.78 is 11.7. The van der Waals surface area contributed by atoms with Crippen molar-refractivity contribution >= 4 is 21.8 Å². The van der Waals surface area contributed by atoms with Gasteiger partial charge in [-0.15, -0.1) is 0 Å². The van der Waals surface area contributed by atoms with Gasteiger partial charge in [0.15, 0.2) is 11.5 Å². The summed E-state index contributed by atoms with van der Waals surface area (Å²) in [4.78, 5) is 17.5. The molecule has 7 heteroatoms. The first kappa shape index (κ1) is 23.6. The second-order valence-electron chi connectivity index (χ2n) is 7.64. The van der Waals surface area contributed by atoms with Crippen LogP contribution >= 0.6 is 15.9 Å². The Labute approximate surface area is 193 Å². The molecule has 1 N–H and O–H groups in total. The SMILES string of the molecule is CCOc1c(Br)cc(C(=O)NCCCN2CCN(Cc3ccccc3)CC2)cc1OC. The second-order valence-corrected chi connectivity index (χ2v) is 8.49. The number of nitrogens with one attached hydrogen (secondary N) is 1. The van der Waals surface area contributed by atoms with Crippen LogP contribution in [0, 0.1) is 0 Å². The number of benzene rings is 2.